The molecule has 26 valence electrons. The summed E-state index contributed by atoms with van der Waals surface area (Å²) in [5.74, 6) is 0. The molecule has 0 nitrogen and oxygen atoms in total. The SMILES string of the molecule is SCSS. The molecule has 0 aliphatic rings. The van der Waals surface area contributed by atoms with Crippen molar-refractivity contribution in [3.8, 4) is 0 Å². The van der Waals surface area contributed by atoms with Crippen molar-refractivity contribution in [1.82, 2.24) is 0 Å². The lowest BCUT2D eigenvalue weighted by Crippen LogP contribution is -1.36. The van der Waals surface area contributed by atoms with Crippen LogP contribution in [-0.2, 0) is 0 Å². The van der Waals surface area contributed by atoms with E-state index in [0.717, 1.165) is 5.08 Å². The van der Waals surface area contributed by atoms with Crippen LogP contribution in [0.2, 0.25) is 0 Å². The predicted octanol–water partition coefficient (Wildman–Crippen LogP) is 1.45. The summed E-state index contributed by atoms with van der Waals surface area (Å²) in [7, 11) is 1.42. The van der Waals surface area contributed by atoms with Gasteiger partial charge in [-0.15, -0.1) is 11.7 Å². The highest BCUT2D eigenvalue weighted by Crippen LogP contribution is 2.03. The van der Waals surface area contributed by atoms with Gasteiger partial charge in [-0.25, -0.2) is 0 Å². The van der Waals surface area contributed by atoms with Gasteiger partial charge in [0.05, 0.1) is 0 Å². The van der Waals surface area contributed by atoms with E-state index in [1.165, 1.54) is 10.8 Å². The highest BCUT2D eigenvalue weighted by atomic mass is 33.1. The average molecular weight is 112 g/mol. The van der Waals surface area contributed by atoms with E-state index < -0.39 is 0 Å². The van der Waals surface area contributed by atoms with Gasteiger partial charge in [0.15, 0.2) is 0 Å². The smallest absolute Gasteiger partial charge is 0.0463 e. The molecule has 0 aromatic heterocycles. The van der Waals surface area contributed by atoms with Crippen molar-refractivity contribution in [2.45, 2.75) is 0 Å². The molecule has 0 saturated carbocycles. The van der Waals surface area contributed by atoms with Gasteiger partial charge in [0.2, 0.25) is 0 Å². The third-order valence-corrected chi connectivity index (χ3v) is 1.56. The summed E-state index contributed by atoms with van der Waals surface area (Å²) in [5.41, 5.74) is 0. The van der Waals surface area contributed by atoms with Crippen molar-refractivity contribution in [2.75, 3.05) is 5.08 Å². The summed E-state index contributed by atoms with van der Waals surface area (Å²) >= 11 is 7.57. The molecule has 3 heteroatoms. The second-order valence-electron chi connectivity index (χ2n) is 0.258. The Labute approximate surface area is 40.6 Å². The molecular formula is CH4S3. The highest BCUT2D eigenvalue weighted by molar-refractivity contribution is 8.70. The first kappa shape index (κ1) is 5.05. The molecule has 0 unspecified atom stereocenters. The summed E-state index contributed by atoms with van der Waals surface area (Å²) in [4.78, 5) is 0. The van der Waals surface area contributed by atoms with E-state index in [4.69, 9.17) is 0 Å². The Morgan fingerprint density at radius 2 is 2.00 bits per heavy atom. The molecule has 0 heterocycles. The molecule has 0 amide bonds. The molecule has 0 atom stereocenters. The summed E-state index contributed by atoms with van der Waals surface area (Å²) in [6.07, 6.45) is 0. The largest absolute Gasteiger partial charge is 0.167 e. The second kappa shape index (κ2) is 4.05. The zero-order valence-corrected chi connectivity index (χ0v) is 4.62. The van der Waals surface area contributed by atoms with Gasteiger partial charge in [-0.05, 0) is 0 Å². The molecule has 0 N–H and O–H groups in total. The van der Waals surface area contributed by atoms with Crippen LogP contribution < -0.4 is 0 Å². The van der Waals surface area contributed by atoms with Gasteiger partial charge in [-0.3, -0.25) is 0 Å². The minimum atomic E-state index is 0.795. The van der Waals surface area contributed by atoms with Gasteiger partial charge in [-0.2, -0.15) is 12.6 Å². The van der Waals surface area contributed by atoms with Crippen molar-refractivity contribution < 1.29 is 0 Å². The van der Waals surface area contributed by atoms with E-state index >= 15 is 0 Å². The maximum Gasteiger partial charge on any atom is 0.0463 e. The van der Waals surface area contributed by atoms with Gasteiger partial charge < -0.3 is 0 Å². The zero-order chi connectivity index (χ0) is 3.41. The average Bonchev–Trinajstić information content (AvgIpc) is 1.37. The molecule has 0 aromatic carbocycles. The van der Waals surface area contributed by atoms with Crippen LogP contribution in [0.1, 0.15) is 0 Å². The quantitative estimate of drug-likeness (QED) is 0.294. The van der Waals surface area contributed by atoms with Crippen molar-refractivity contribution in [3.63, 3.8) is 0 Å². The normalized spacial score (nSPS) is 7.50. The molecule has 0 rings (SSSR count). The molecule has 0 spiro atoms. The highest BCUT2D eigenvalue weighted by Gasteiger charge is 1.57. The van der Waals surface area contributed by atoms with E-state index in [2.05, 4.69) is 24.3 Å². The van der Waals surface area contributed by atoms with Gasteiger partial charge in [0.1, 0.15) is 0 Å². The van der Waals surface area contributed by atoms with E-state index in [1.54, 1.807) is 0 Å². The first-order valence-corrected chi connectivity index (χ1v) is 3.46. The number of hydrogen-bond acceptors (Lipinski definition) is 3. The monoisotopic (exact) mass is 112 g/mol. The van der Waals surface area contributed by atoms with Crippen LogP contribution in [0.4, 0.5) is 0 Å². The molecule has 0 bridgehead atoms. The molecule has 0 aliphatic carbocycles. The van der Waals surface area contributed by atoms with Crippen molar-refractivity contribution in [3.05, 3.63) is 0 Å². The van der Waals surface area contributed by atoms with Crippen molar-refractivity contribution in [2.24, 2.45) is 0 Å². The number of rotatable bonds is 1. The standard InChI is InChI=1S/CH4S3/c2-1-4-3/h2-3H,1H2. The third kappa shape index (κ3) is 3.05. The first-order chi connectivity index (χ1) is 1.91. The zero-order valence-electron chi connectivity index (χ0n) is 2.01. The molecule has 0 radical (unpaired) electrons. The Morgan fingerprint density at radius 3 is 2.00 bits per heavy atom. The van der Waals surface area contributed by atoms with Crippen molar-refractivity contribution in [1.29, 1.82) is 0 Å². The molecular weight excluding hydrogens is 108 g/mol. The van der Waals surface area contributed by atoms with Crippen LogP contribution in [0.15, 0.2) is 0 Å². The van der Waals surface area contributed by atoms with Gasteiger partial charge in [0, 0.05) is 5.08 Å². The summed E-state index contributed by atoms with van der Waals surface area (Å²) in [6.45, 7) is 0. The predicted molar refractivity (Wildman–Crippen MR) is 30.4 cm³/mol. The maximum atomic E-state index is 3.81. The summed E-state index contributed by atoms with van der Waals surface area (Å²) in [5, 5.41) is 0.795. The minimum absolute atomic E-state index is 0.795. The van der Waals surface area contributed by atoms with Crippen LogP contribution in [0.25, 0.3) is 0 Å². The number of thiol groups is 2. The molecule has 0 fully saturated rings. The summed E-state index contributed by atoms with van der Waals surface area (Å²) < 4.78 is 0. The molecule has 0 saturated heterocycles. The lowest BCUT2D eigenvalue weighted by atomic mass is 11.9. The van der Waals surface area contributed by atoms with Crippen LogP contribution in [0.3, 0.4) is 0 Å². The fraction of sp³-hybridized carbons (Fsp3) is 1.00. The fourth-order valence-corrected chi connectivity index (χ4v) is 0. The van der Waals surface area contributed by atoms with Gasteiger partial charge in [0.25, 0.3) is 0 Å². The lowest BCUT2D eigenvalue weighted by molar-refractivity contribution is 2.36. The van der Waals surface area contributed by atoms with Crippen LogP contribution in [-0.4, -0.2) is 5.08 Å². The maximum absolute atomic E-state index is 3.81. The third-order valence-electron chi connectivity index (χ3n) is 0.0577. The van der Waals surface area contributed by atoms with E-state index in [9.17, 15) is 0 Å². The van der Waals surface area contributed by atoms with Crippen LogP contribution in [0.5, 0.6) is 0 Å². The van der Waals surface area contributed by atoms with Gasteiger partial charge >= 0.3 is 0 Å². The number of hydrogen-bond donors (Lipinski definition) is 2. The van der Waals surface area contributed by atoms with Gasteiger partial charge in [-0.1, -0.05) is 10.8 Å². The molecule has 4 heavy (non-hydrogen) atoms. The summed E-state index contributed by atoms with van der Waals surface area (Å²) in [6, 6.07) is 0. The van der Waals surface area contributed by atoms with E-state index in [1.807, 2.05) is 0 Å². The Balaban J connectivity index is 1.97. The Kier molecular flexibility index (Phi) is 5.11. The van der Waals surface area contributed by atoms with Crippen LogP contribution in [0, 0.1) is 0 Å². The Bertz CT molecular complexity index is 5.25. The van der Waals surface area contributed by atoms with Crippen molar-refractivity contribution >= 4 is 35.1 Å². The lowest BCUT2D eigenvalue weighted by Gasteiger charge is -1.67. The van der Waals surface area contributed by atoms with E-state index in [0.29, 0.717) is 0 Å². The van der Waals surface area contributed by atoms with E-state index in [-0.39, 0.29) is 0 Å². The second-order valence-corrected chi connectivity index (χ2v) is 2.32. The minimum Gasteiger partial charge on any atom is -0.167 e. The fourth-order valence-electron chi connectivity index (χ4n) is 0. The Hall–Kier alpha value is 1.05. The first-order valence-electron chi connectivity index (χ1n) is 0.787. The molecule has 0 aromatic rings. The molecule has 0 aliphatic heterocycles. The Morgan fingerprint density at radius 1 is 1.75 bits per heavy atom. The van der Waals surface area contributed by atoms with Crippen LogP contribution >= 0.6 is 35.1 Å². The topological polar surface area (TPSA) is 0 Å².